The highest BCUT2D eigenvalue weighted by Crippen LogP contribution is 2.15. The van der Waals surface area contributed by atoms with Crippen molar-refractivity contribution in [2.24, 2.45) is 0 Å². The highest BCUT2D eigenvalue weighted by atomic mass is 16.1. The molecule has 0 fully saturated rings. The maximum absolute atomic E-state index is 12.2. The molecule has 2 aromatic heterocycles. The molecule has 6 heteroatoms. The summed E-state index contributed by atoms with van der Waals surface area (Å²) in [4.78, 5) is 16.7. The molecule has 0 saturated heterocycles. The number of nitrogens with zero attached hydrogens (tertiary/aromatic N) is 4. The third-order valence-corrected chi connectivity index (χ3v) is 4.01. The Labute approximate surface area is 130 Å². The number of carbonyl (C=O) groups excluding carboxylic acids is 1. The maximum atomic E-state index is 12.2. The van der Waals surface area contributed by atoms with Crippen LogP contribution in [0.3, 0.4) is 0 Å². The molecule has 2 aromatic rings. The molecule has 0 aromatic carbocycles. The lowest BCUT2D eigenvalue weighted by Crippen LogP contribution is -2.41. The standard InChI is InChI=1S/C16H23N5O/c1-11(2)21-7-6-13(19-21)8-16(22)18-14-4-5-15-17-12(3)9-20(15)10-14/h6-7,9,11,14H,4-5,8,10H2,1-3H3,(H,18,22). The average Bonchev–Trinajstić information content (AvgIpc) is 3.03. The monoisotopic (exact) mass is 301 g/mol. The first kappa shape index (κ1) is 14.8. The summed E-state index contributed by atoms with van der Waals surface area (Å²) in [5, 5.41) is 7.54. The molecule has 0 saturated carbocycles. The second kappa shape index (κ2) is 5.94. The number of amides is 1. The lowest BCUT2D eigenvalue weighted by atomic mass is 10.1. The number of rotatable bonds is 4. The van der Waals surface area contributed by atoms with E-state index in [2.05, 4.69) is 40.0 Å². The van der Waals surface area contributed by atoms with Gasteiger partial charge in [-0.3, -0.25) is 9.48 Å². The van der Waals surface area contributed by atoms with Crippen LogP contribution in [0.25, 0.3) is 0 Å². The quantitative estimate of drug-likeness (QED) is 0.933. The summed E-state index contributed by atoms with van der Waals surface area (Å²) in [6, 6.07) is 2.41. The lowest BCUT2D eigenvalue weighted by Gasteiger charge is -2.24. The first-order valence-electron chi connectivity index (χ1n) is 7.87. The number of aryl methyl sites for hydroxylation is 2. The highest BCUT2D eigenvalue weighted by molar-refractivity contribution is 5.78. The number of fused-ring (bicyclic) bond motifs is 1. The minimum Gasteiger partial charge on any atom is -0.351 e. The minimum absolute atomic E-state index is 0.0410. The molecule has 1 atom stereocenters. The van der Waals surface area contributed by atoms with E-state index in [1.165, 1.54) is 0 Å². The molecule has 1 unspecified atom stereocenters. The third kappa shape index (κ3) is 3.21. The molecule has 1 aliphatic rings. The summed E-state index contributed by atoms with van der Waals surface area (Å²) in [6.45, 7) is 6.96. The maximum Gasteiger partial charge on any atom is 0.226 e. The Morgan fingerprint density at radius 1 is 1.50 bits per heavy atom. The number of carbonyl (C=O) groups is 1. The Kier molecular flexibility index (Phi) is 4.00. The van der Waals surface area contributed by atoms with E-state index in [1.54, 1.807) is 0 Å². The molecule has 0 spiro atoms. The van der Waals surface area contributed by atoms with Gasteiger partial charge in [0.05, 0.1) is 17.8 Å². The molecule has 3 heterocycles. The van der Waals surface area contributed by atoms with Gasteiger partial charge in [-0.05, 0) is 33.3 Å². The lowest BCUT2D eigenvalue weighted by molar-refractivity contribution is -0.121. The second-order valence-corrected chi connectivity index (χ2v) is 6.31. The topological polar surface area (TPSA) is 64.7 Å². The van der Waals surface area contributed by atoms with Gasteiger partial charge in [0.2, 0.25) is 5.91 Å². The van der Waals surface area contributed by atoms with Crippen LogP contribution in [0.4, 0.5) is 0 Å². The fourth-order valence-corrected chi connectivity index (χ4v) is 2.91. The molecule has 22 heavy (non-hydrogen) atoms. The number of nitrogens with one attached hydrogen (secondary N) is 1. The second-order valence-electron chi connectivity index (χ2n) is 6.31. The van der Waals surface area contributed by atoms with Gasteiger partial charge in [-0.2, -0.15) is 5.10 Å². The van der Waals surface area contributed by atoms with Crippen molar-refractivity contribution >= 4 is 5.91 Å². The molecule has 1 N–H and O–H groups in total. The van der Waals surface area contributed by atoms with Gasteiger partial charge in [-0.25, -0.2) is 4.98 Å². The van der Waals surface area contributed by atoms with Gasteiger partial charge >= 0.3 is 0 Å². The molecule has 0 aliphatic carbocycles. The van der Waals surface area contributed by atoms with Gasteiger partial charge in [-0.15, -0.1) is 0 Å². The van der Waals surface area contributed by atoms with Crippen molar-refractivity contribution in [2.45, 2.75) is 58.7 Å². The Bertz CT molecular complexity index is 670. The third-order valence-electron chi connectivity index (χ3n) is 4.01. The normalized spacial score (nSPS) is 17.5. The molecular weight excluding hydrogens is 278 g/mol. The van der Waals surface area contributed by atoms with E-state index in [4.69, 9.17) is 0 Å². The molecule has 0 radical (unpaired) electrons. The summed E-state index contributed by atoms with van der Waals surface area (Å²) in [5.41, 5.74) is 1.86. The fourth-order valence-electron chi connectivity index (χ4n) is 2.91. The molecule has 1 aliphatic heterocycles. The van der Waals surface area contributed by atoms with Crippen LogP contribution in [0.5, 0.6) is 0 Å². The largest absolute Gasteiger partial charge is 0.351 e. The van der Waals surface area contributed by atoms with Crippen molar-refractivity contribution in [1.29, 1.82) is 0 Å². The zero-order valence-electron chi connectivity index (χ0n) is 13.4. The van der Waals surface area contributed by atoms with Gasteiger partial charge in [0.25, 0.3) is 0 Å². The van der Waals surface area contributed by atoms with Crippen LogP contribution < -0.4 is 5.32 Å². The van der Waals surface area contributed by atoms with Crippen molar-refractivity contribution < 1.29 is 4.79 Å². The van der Waals surface area contributed by atoms with Crippen LogP contribution in [0.2, 0.25) is 0 Å². The molecule has 6 nitrogen and oxygen atoms in total. The van der Waals surface area contributed by atoms with E-state index in [1.807, 2.05) is 23.9 Å². The predicted molar refractivity (Wildman–Crippen MR) is 83.5 cm³/mol. The van der Waals surface area contributed by atoms with E-state index < -0.39 is 0 Å². The van der Waals surface area contributed by atoms with Crippen LogP contribution >= 0.6 is 0 Å². The van der Waals surface area contributed by atoms with E-state index in [-0.39, 0.29) is 11.9 Å². The van der Waals surface area contributed by atoms with Crippen molar-refractivity contribution in [3.63, 3.8) is 0 Å². The summed E-state index contributed by atoms with van der Waals surface area (Å²) in [7, 11) is 0. The number of hydrogen-bond donors (Lipinski definition) is 1. The summed E-state index contributed by atoms with van der Waals surface area (Å²) >= 11 is 0. The molecule has 3 rings (SSSR count). The molecular formula is C16H23N5O. The average molecular weight is 301 g/mol. The number of aromatic nitrogens is 4. The Hall–Kier alpha value is -2.11. The molecule has 0 bridgehead atoms. The number of hydrogen-bond acceptors (Lipinski definition) is 3. The van der Waals surface area contributed by atoms with Crippen LogP contribution in [0.15, 0.2) is 18.5 Å². The Morgan fingerprint density at radius 3 is 3.05 bits per heavy atom. The first-order chi connectivity index (χ1) is 10.5. The van der Waals surface area contributed by atoms with Gasteiger partial charge < -0.3 is 9.88 Å². The summed E-state index contributed by atoms with van der Waals surface area (Å²) in [6.07, 6.45) is 6.18. The van der Waals surface area contributed by atoms with Gasteiger partial charge in [0.1, 0.15) is 5.82 Å². The van der Waals surface area contributed by atoms with Crippen LogP contribution in [-0.2, 0) is 24.2 Å². The van der Waals surface area contributed by atoms with Gasteiger partial charge in [0.15, 0.2) is 0 Å². The number of imidazole rings is 1. The first-order valence-corrected chi connectivity index (χ1v) is 7.87. The minimum atomic E-state index is 0.0410. The van der Waals surface area contributed by atoms with Crippen molar-refractivity contribution in [2.75, 3.05) is 0 Å². The van der Waals surface area contributed by atoms with Crippen LogP contribution in [-0.4, -0.2) is 31.3 Å². The summed E-state index contributed by atoms with van der Waals surface area (Å²) < 4.78 is 4.03. The predicted octanol–water partition coefficient (Wildman–Crippen LogP) is 1.64. The highest BCUT2D eigenvalue weighted by Gasteiger charge is 2.21. The fraction of sp³-hybridized carbons (Fsp3) is 0.562. The zero-order chi connectivity index (χ0) is 15.7. The smallest absolute Gasteiger partial charge is 0.226 e. The van der Waals surface area contributed by atoms with Crippen LogP contribution in [0.1, 0.15) is 43.5 Å². The van der Waals surface area contributed by atoms with E-state index in [0.717, 1.165) is 36.6 Å². The van der Waals surface area contributed by atoms with E-state index in [0.29, 0.717) is 12.5 Å². The van der Waals surface area contributed by atoms with E-state index in [9.17, 15) is 4.79 Å². The zero-order valence-corrected chi connectivity index (χ0v) is 13.4. The van der Waals surface area contributed by atoms with Gasteiger partial charge in [0, 0.05) is 37.4 Å². The van der Waals surface area contributed by atoms with Crippen molar-refractivity contribution in [1.82, 2.24) is 24.6 Å². The SMILES string of the molecule is Cc1cn2c(n1)CCC(NC(=O)Cc1ccn(C(C)C)n1)C2. The summed E-state index contributed by atoms with van der Waals surface area (Å²) in [5.74, 6) is 1.16. The molecule has 1 amide bonds. The van der Waals surface area contributed by atoms with Crippen molar-refractivity contribution in [3.05, 3.63) is 35.7 Å². The van der Waals surface area contributed by atoms with E-state index >= 15 is 0 Å². The molecule has 118 valence electrons. The van der Waals surface area contributed by atoms with Crippen LogP contribution in [0, 0.1) is 6.92 Å². The van der Waals surface area contributed by atoms with Crippen molar-refractivity contribution in [3.8, 4) is 0 Å². The van der Waals surface area contributed by atoms with Gasteiger partial charge in [-0.1, -0.05) is 0 Å². The Morgan fingerprint density at radius 2 is 2.32 bits per heavy atom. The Balaban J connectivity index is 1.56.